The Morgan fingerprint density at radius 2 is 2.00 bits per heavy atom. The fourth-order valence-electron chi connectivity index (χ4n) is 2.41. The predicted octanol–water partition coefficient (Wildman–Crippen LogP) is 3.16. The smallest absolute Gasteiger partial charge is 0.315 e. The first kappa shape index (κ1) is 12.2. The topological polar surface area (TPSA) is 46.3 Å². The number of urea groups is 1. The van der Waals surface area contributed by atoms with E-state index in [0.717, 1.165) is 18.4 Å². The van der Waals surface area contributed by atoms with Crippen molar-refractivity contribution in [3.05, 3.63) is 34.9 Å². The van der Waals surface area contributed by atoms with Crippen LogP contribution in [-0.2, 0) is 6.54 Å². The molecule has 2 N–H and O–H groups in total. The van der Waals surface area contributed by atoms with Gasteiger partial charge in [-0.15, -0.1) is 0 Å². The summed E-state index contributed by atoms with van der Waals surface area (Å²) in [5.74, 6) is 0. The van der Waals surface area contributed by atoms with E-state index in [0.29, 0.717) is 11.6 Å². The zero-order valence-corrected chi connectivity index (χ0v) is 10.5. The molecule has 1 aliphatic carbocycles. The fourth-order valence-corrected chi connectivity index (χ4v) is 2.61. The van der Waals surface area contributed by atoms with Crippen LogP contribution in [0.5, 0.6) is 0 Å². The van der Waals surface area contributed by atoms with Gasteiger partial charge in [-0.2, -0.15) is 0 Å². The maximum atomic E-state index is 11.5. The van der Waals surface area contributed by atoms with Crippen molar-refractivity contribution >= 4 is 17.6 Å². The Morgan fingerprint density at radius 1 is 1.35 bits per heavy atom. The lowest BCUT2D eigenvalue weighted by atomic mass is 10.1. The molecular formula is C13H17ClN2O. The number of rotatable bonds is 3. The van der Waals surface area contributed by atoms with Crippen molar-refractivity contribution in [2.45, 2.75) is 38.3 Å². The number of nitrogens with zero attached hydrogens (tertiary/aromatic N) is 1. The van der Waals surface area contributed by atoms with Gasteiger partial charge in [0.1, 0.15) is 0 Å². The van der Waals surface area contributed by atoms with Crippen molar-refractivity contribution in [1.82, 2.24) is 4.90 Å². The summed E-state index contributed by atoms with van der Waals surface area (Å²) in [6.07, 6.45) is 4.45. The van der Waals surface area contributed by atoms with Gasteiger partial charge in [-0.1, -0.05) is 42.6 Å². The zero-order valence-electron chi connectivity index (χ0n) is 9.73. The molecule has 92 valence electrons. The Morgan fingerprint density at radius 3 is 2.59 bits per heavy atom. The number of hydrogen-bond donors (Lipinski definition) is 1. The highest BCUT2D eigenvalue weighted by atomic mass is 35.5. The Hall–Kier alpha value is -1.22. The molecule has 1 aromatic carbocycles. The third-order valence-electron chi connectivity index (χ3n) is 3.35. The van der Waals surface area contributed by atoms with Crippen molar-refractivity contribution < 1.29 is 4.79 Å². The maximum Gasteiger partial charge on any atom is 0.315 e. The molecule has 1 fully saturated rings. The van der Waals surface area contributed by atoms with Crippen LogP contribution in [0.3, 0.4) is 0 Å². The molecule has 0 bridgehead atoms. The molecule has 0 radical (unpaired) electrons. The number of primary amides is 1. The normalized spacial score (nSPS) is 16.1. The summed E-state index contributed by atoms with van der Waals surface area (Å²) in [4.78, 5) is 13.3. The lowest BCUT2D eigenvalue weighted by Gasteiger charge is -2.27. The summed E-state index contributed by atoms with van der Waals surface area (Å²) >= 11 is 6.10. The summed E-state index contributed by atoms with van der Waals surface area (Å²) < 4.78 is 0. The highest BCUT2D eigenvalue weighted by molar-refractivity contribution is 6.31. The highest BCUT2D eigenvalue weighted by Crippen LogP contribution is 2.26. The Labute approximate surface area is 107 Å². The maximum absolute atomic E-state index is 11.5. The standard InChI is InChI=1S/C13H17ClN2O/c14-12-8-4-1-5-10(12)9-16(13(15)17)11-6-2-3-7-11/h1,4-5,8,11H,2-3,6-7,9H2,(H2,15,17). The van der Waals surface area contributed by atoms with E-state index in [4.69, 9.17) is 17.3 Å². The minimum absolute atomic E-state index is 0.281. The van der Waals surface area contributed by atoms with E-state index >= 15 is 0 Å². The highest BCUT2D eigenvalue weighted by Gasteiger charge is 2.25. The summed E-state index contributed by atoms with van der Waals surface area (Å²) in [7, 11) is 0. The van der Waals surface area contributed by atoms with Gasteiger partial charge in [0.25, 0.3) is 0 Å². The molecule has 0 heterocycles. The molecule has 0 saturated heterocycles. The molecule has 0 spiro atoms. The number of benzene rings is 1. The molecule has 0 atom stereocenters. The molecule has 0 aromatic heterocycles. The van der Waals surface area contributed by atoms with Crippen LogP contribution in [-0.4, -0.2) is 17.0 Å². The Kier molecular flexibility index (Phi) is 3.89. The van der Waals surface area contributed by atoms with Crippen molar-refractivity contribution in [1.29, 1.82) is 0 Å². The van der Waals surface area contributed by atoms with Crippen molar-refractivity contribution in [3.8, 4) is 0 Å². The van der Waals surface area contributed by atoms with Crippen LogP contribution in [0, 0.1) is 0 Å². The first-order chi connectivity index (χ1) is 8.18. The van der Waals surface area contributed by atoms with Gasteiger partial charge in [0.15, 0.2) is 0 Å². The number of hydrogen-bond acceptors (Lipinski definition) is 1. The minimum atomic E-state index is -0.350. The summed E-state index contributed by atoms with van der Waals surface area (Å²) in [6.45, 7) is 0.514. The number of carbonyl (C=O) groups is 1. The van der Waals surface area contributed by atoms with Crippen molar-refractivity contribution in [3.63, 3.8) is 0 Å². The zero-order chi connectivity index (χ0) is 12.3. The average Bonchev–Trinajstić information content (AvgIpc) is 2.81. The Balaban J connectivity index is 2.12. The molecule has 1 aromatic rings. The Bertz CT molecular complexity index is 402. The molecule has 1 saturated carbocycles. The predicted molar refractivity (Wildman–Crippen MR) is 68.8 cm³/mol. The van der Waals surface area contributed by atoms with E-state index in [1.165, 1.54) is 12.8 Å². The number of amides is 2. The lowest BCUT2D eigenvalue weighted by molar-refractivity contribution is 0.180. The number of nitrogens with two attached hydrogens (primary N) is 1. The van der Waals surface area contributed by atoms with Crippen LogP contribution in [0.1, 0.15) is 31.2 Å². The second kappa shape index (κ2) is 5.41. The van der Waals surface area contributed by atoms with E-state index in [9.17, 15) is 4.79 Å². The molecular weight excluding hydrogens is 236 g/mol. The fraction of sp³-hybridized carbons (Fsp3) is 0.462. The van der Waals surface area contributed by atoms with Gasteiger partial charge in [0, 0.05) is 17.6 Å². The van der Waals surface area contributed by atoms with Gasteiger partial charge in [-0.05, 0) is 24.5 Å². The van der Waals surface area contributed by atoms with Crippen LogP contribution < -0.4 is 5.73 Å². The number of halogens is 1. The molecule has 0 unspecified atom stereocenters. The van der Waals surface area contributed by atoms with Gasteiger partial charge in [-0.25, -0.2) is 4.79 Å². The summed E-state index contributed by atoms with van der Waals surface area (Å²) in [5.41, 5.74) is 6.42. The summed E-state index contributed by atoms with van der Waals surface area (Å²) in [5, 5.41) is 0.691. The molecule has 2 rings (SSSR count). The van der Waals surface area contributed by atoms with E-state index in [1.54, 1.807) is 4.90 Å². The monoisotopic (exact) mass is 252 g/mol. The van der Waals surface area contributed by atoms with Crippen LogP contribution in [0.2, 0.25) is 5.02 Å². The quantitative estimate of drug-likeness (QED) is 0.883. The first-order valence-corrected chi connectivity index (χ1v) is 6.36. The van der Waals surface area contributed by atoms with Crippen LogP contribution in [0.25, 0.3) is 0 Å². The van der Waals surface area contributed by atoms with Gasteiger partial charge in [-0.3, -0.25) is 0 Å². The SMILES string of the molecule is NC(=O)N(Cc1ccccc1Cl)C1CCCC1. The summed E-state index contributed by atoms with van der Waals surface area (Å²) in [6, 6.07) is 7.52. The van der Waals surface area contributed by atoms with E-state index in [1.807, 2.05) is 24.3 Å². The van der Waals surface area contributed by atoms with Crippen molar-refractivity contribution in [2.75, 3.05) is 0 Å². The molecule has 17 heavy (non-hydrogen) atoms. The first-order valence-electron chi connectivity index (χ1n) is 5.98. The average molecular weight is 253 g/mol. The van der Waals surface area contributed by atoms with Crippen LogP contribution in [0.4, 0.5) is 4.79 Å². The molecule has 3 nitrogen and oxygen atoms in total. The second-order valence-corrected chi connectivity index (χ2v) is 4.90. The lowest BCUT2D eigenvalue weighted by Crippen LogP contribution is -2.41. The second-order valence-electron chi connectivity index (χ2n) is 4.50. The van der Waals surface area contributed by atoms with Crippen LogP contribution in [0.15, 0.2) is 24.3 Å². The minimum Gasteiger partial charge on any atom is -0.351 e. The van der Waals surface area contributed by atoms with E-state index in [-0.39, 0.29) is 12.1 Å². The molecule has 2 amide bonds. The molecule has 1 aliphatic rings. The van der Waals surface area contributed by atoms with Gasteiger partial charge < -0.3 is 10.6 Å². The van der Waals surface area contributed by atoms with Gasteiger partial charge in [0.05, 0.1) is 0 Å². The third-order valence-corrected chi connectivity index (χ3v) is 3.72. The van der Waals surface area contributed by atoms with E-state index < -0.39 is 0 Å². The van der Waals surface area contributed by atoms with E-state index in [2.05, 4.69) is 0 Å². The van der Waals surface area contributed by atoms with Gasteiger partial charge in [0.2, 0.25) is 0 Å². The van der Waals surface area contributed by atoms with Gasteiger partial charge >= 0.3 is 6.03 Å². The molecule has 0 aliphatic heterocycles. The number of carbonyl (C=O) groups excluding carboxylic acids is 1. The third kappa shape index (κ3) is 2.91. The van der Waals surface area contributed by atoms with Crippen LogP contribution >= 0.6 is 11.6 Å². The largest absolute Gasteiger partial charge is 0.351 e. The van der Waals surface area contributed by atoms with Crippen molar-refractivity contribution in [2.24, 2.45) is 5.73 Å². The molecule has 4 heteroatoms.